The first-order valence-electron chi connectivity index (χ1n) is 4.93. The Morgan fingerprint density at radius 1 is 1.44 bits per heavy atom. The van der Waals surface area contributed by atoms with Crippen LogP contribution < -0.4 is 5.32 Å². The molecule has 0 fully saturated rings. The van der Waals surface area contributed by atoms with Crippen LogP contribution >= 0.6 is 0 Å². The normalized spacial score (nSPS) is 24.1. The molecule has 1 atom stereocenters. The highest BCUT2D eigenvalue weighted by Gasteiger charge is 2.35. The Morgan fingerprint density at radius 2 is 2.12 bits per heavy atom. The number of aliphatic hydroxyl groups excluding tert-OH is 1. The molecule has 1 aromatic rings. The molecule has 1 heterocycles. The van der Waals surface area contributed by atoms with Crippen LogP contribution in [0.5, 0.6) is 0 Å². The summed E-state index contributed by atoms with van der Waals surface area (Å²) >= 11 is 0. The molecular weight excluding hydrogens is 219 g/mol. The van der Waals surface area contributed by atoms with E-state index in [1.807, 2.05) is 0 Å². The smallest absolute Gasteiger partial charge is 0.394 e. The molecule has 1 aliphatic heterocycles. The number of hydrogen-bond acceptors (Lipinski definition) is 2. The second-order valence-electron chi connectivity index (χ2n) is 4.39. The maximum Gasteiger partial charge on any atom is 0.416 e. The monoisotopic (exact) mass is 231 g/mol. The highest BCUT2D eigenvalue weighted by Crippen LogP contribution is 2.37. The van der Waals surface area contributed by atoms with E-state index < -0.39 is 17.3 Å². The van der Waals surface area contributed by atoms with Crippen LogP contribution in [0.1, 0.15) is 18.1 Å². The zero-order chi connectivity index (χ0) is 12.0. The van der Waals surface area contributed by atoms with Crippen LogP contribution in [0.3, 0.4) is 0 Å². The quantitative estimate of drug-likeness (QED) is 0.778. The van der Waals surface area contributed by atoms with Crippen LogP contribution in [0.25, 0.3) is 0 Å². The van der Waals surface area contributed by atoms with Gasteiger partial charge in [0.1, 0.15) is 0 Å². The molecule has 1 unspecified atom stereocenters. The molecule has 16 heavy (non-hydrogen) atoms. The van der Waals surface area contributed by atoms with Crippen molar-refractivity contribution in [3.63, 3.8) is 0 Å². The highest BCUT2D eigenvalue weighted by molar-refractivity contribution is 5.60. The number of benzene rings is 1. The van der Waals surface area contributed by atoms with E-state index in [1.54, 1.807) is 6.92 Å². The van der Waals surface area contributed by atoms with Crippen LogP contribution in [0.4, 0.5) is 18.9 Å². The summed E-state index contributed by atoms with van der Waals surface area (Å²) in [6.07, 6.45) is -3.79. The van der Waals surface area contributed by atoms with Gasteiger partial charge < -0.3 is 10.4 Å². The lowest BCUT2D eigenvalue weighted by atomic mass is 9.98. The number of nitrogens with one attached hydrogen (secondary N) is 1. The summed E-state index contributed by atoms with van der Waals surface area (Å²) in [7, 11) is 0. The molecule has 1 aliphatic rings. The van der Waals surface area contributed by atoms with Gasteiger partial charge in [-0.3, -0.25) is 0 Å². The van der Waals surface area contributed by atoms with Gasteiger partial charge in [-0.1, -0.05) is 6.07 Å². The zero-order valence-corrected chi connectivity index (χ0v) is 8.73. The third-order valence-corrected chi connectivity index (χ3v) is 2.80. The number of hydrogen-bond donors (Lipinski definition) is 2. The summed E-state index contributed by atoms with van der Waals surface area (Å²) in [6, 6.07) is 3.63. The minimum Gasteiger partial charge on any atom is -0.394 e. The summed E-state index contributed by atoms with van der Waals surface area (Å²) < 4.78 is 37.4. The Balaban J connectivity index is 2.35. The van der Waals surface area contributed by atoms with Crippen molar-refractivity contribution in [2.45, 2.75) is 25.1 Å². The van der Waals surface area contributed by atoms with Gasteiger partial charge in [0.15, 0.2) is 0 Å². The van der Waals surface area contributed by atoms with Crippen molar-refractivity contribution in [1.29, 1.82) is 0 Å². The molecule has 0 saturated heterocycles. The lowest BCUT2D eigenvalue weighted by Gasteiger charge is -2.21. The summed E-state index contributed by atoms with van der Waals surface area (Å²) in [6.45, 7) is 1.67. The van der Waals surface area contributed by atoms with Crippen molar-refractivity contribution in [3.05, 3.63) is 29.3 Å². The Bertz CT molecular complexity index is 416. The first-order valence-corrected chi connectivity index (χ1v) is 4.93. The van der Waals surface area contributed by atoms with E-state index in [-0.39, 0.29) is 6.61 Å². The Morgan fingerprint density at radius 3 is 2.69 bits per heavy atom. The third kappa shape index (κ3) is 1.87. The van der Waals surface area contributed by atoms with Crippen LogP contribution in [-0.4, -0.2) is 17.3 Å². The fourth-order valence-electron chi connectivity index (χ4n) is 1.91. The van der Waals surface area contributed by atoms with E-state index in [9.17, 15) is 13.2 Å². The van der Waals surface area contributed by atoms with Gasteiger partial charge in [0.2, 0.25) is 0 Å². The fraction of sp³-hybridized carbons (Fsp3) is 0.455. The average molecular weight is 231 g/mol. The predicted molar refractivity (Wildman–Crippen MR) is 54.3 cm³/mol. The number of rotatable bonds is 1. The van der Waals surface area contributed by atoms with Gasteiger partial charge in [-0.2, -0.15) is 13.2 Å². The van der Waals surface area contributed by atoms with E-state index >= 15 is 0 Å². The van der Waals surface area contributed by atoms with Crippen LogP contribution in [-0.2, 0) is 12.6 Å². The molecule has 88 valence electrons. The topological polar surface area (TPSA) is 32.3 Å². The minimum absolute atomic E-state index is 0.108. The van der Waals surface area contributed by atoms with E-state index in [1.165, 1.54) is 6.07 Å². The maximum absolute atomic E-state index is 12.5. The molecule has 1 aromatic carbocycles. The van der Waals surface area contributed by atoms with E-state index in [4.69, 9.17) is 5.11 Å². The van der Waals surface area contributed by atoms with E-state index in [0.717, 1.165) is 17.7 Å². The molecule has 0 bridgehead atoms. The first kappa shape index (κ1) is 11.3. The SMILES string of the molecule is CC1(CO)Cc2ccc(C(F)(F)F)cc2N1. The number of anilines is 1. The number of fused-ring (bicyclic) bond motifs is 1. The van der Waals surface area contributed by atoms with Crippen LogP contribution in [0, 0.1) is 0 Å². The van der Waals surface area contributed by atoms with Gasteiger partial charge in [0.05, 0.1) is 17.7 Å². The Hall–Kier alpha value is -1.23. The number of aliphatic hydroxyl groups is 1. The Kier molecular flexibility index (Phi) is 2.38. The van der Waals surface area contributed by atoms with Crippen LogP contribution in [0.15, 0.2) is 18.2 Å². The summed E-state index contributed by atoms with van der Waals surface area (Å²) in [5.41, 5.74) is 0.0592. The molecule has 2 N–H and O–H groups in total. The van der Waals surface area contributed by atoms with Gasteiger partial charge >= 0.3 is 6.18 Å². The van der Waals surface area contributed by atoms with Gasteiger partial charge in [-0.05, 0) is 31.0 Å². The summed E-state index contributed by atoms with van der Waals surface area (Å²) in [4.78, 5) is 0. The van der Waals surface area contributed by atoms with Crippen LogP contribution in [0.2, 0.25) is 0 Å². The van der Waals surface area contributed by atoms with Gasteiger partial charge in [0, 0.05) is 5.69 Å². The molecule has 5 heteroatoms. The van der Waals surface area contributed by atoms with Crippen molar-refractivity contribution in [2.75, 3.05) is 11.9 Å². The van der Waals surface area contributed by atoms with E-state index in [0.29, 0.717) is 12.1 Å². The molecule has 0 spiro atoms. The molecular formula is C11H12F3NO. The summed E-state index contributed by atoms with van der Waals surface area (Å²) in [5, 5.41) is 12.1. The number of alkyl halides is 3. The van der Waals surface area contributed by atoms with Gasteiger partial charge in [0.25, 0.3) is 0 Å². The molecule has 2 nitrogen and oxygen atoms in total. The molecule has 0 aromatic heterocycles. The third-order valence-electron chi connectivity index (χ3n) is 2.80. The van der Waals surface area contributed by atoms with Crippen molar-refractivity contribution >= 4 is 5.69 Å². The zero-order valence-electron chi connectivity index (χ0n) is 8.73. The van der Waals surface area contributed by atoms with Crippen molar-refractivity contribution in [1.82, 2.24) is 0 Å². The molecule has 0 radical (unpaired) electrons. The average Bonchev–Trinajstić information content (AvgIpc) is 2.52. The Labute approximate surface area is 91.1 Å². The lowest BCUT2D eigenvalue weighted by molar-refractivity contribution is -0.137. The van der Waals surface area contributed by atoms with Crippen molar-refractivity contribution < 1.29 is 18.3 Å². The molecule has 0 amide bonds. The van der Waals surface area contributed by atoms with Gasteiger partial charge in [-0.25, -0.2) is 0 Å². The standard InChI is InChI=1S/C11H12F3NO/c1-10(6-16)5-7-2-3-8(11(12,13)14)4-9(7)15-10/h2-4,15-16H,5-6H2,1H3. The molecule has 0 saturated carbocycles. The lowest BCUT2D eigenvalue weighted by Crippen LogP contribution is -2.36. The van der Waals surface area contributed by atoms with Crippen molar-refractivity contribution in [2.24, 2.45) is 0 Å². The summed E-state index contributed by atoms with van der Waals surface area (Å²) in [5.74, 6) is 0. The molecule has 0 aliphatic carbocycles. The second-order valence-corrected chi connectivity index (χ2v) is 4.39. The van der Waals surface area contributed by atoms with E-state index in [2.05, 4.69) is 5.32 Å². The largest absolute Gasteiger partial charge is 0.416 e. The second kappa shape index (κ2) is 3.38. The highest BCUT2D eigenvalue weighted by atomic mass is 19.4. The maximum atomic E-state index is 12.5. The molecule has 2 rings (SSSR count). The first-order chi connectivity index (χ1) is 7.34. The fourth-order valence-corrected chi connectivity index (χ4v) is 1.91. The van der Waals surface area contributed by atoms with Crippen molar-refractivity contribution in [3.8, 4) is 0 Å². The predicted octanol–water partition coefficient (Wildman–Crippen LogP) is 2.42. The number of halogens is 3. The van der Waals surface area contributed by atoms with Gasteiger partial charge in [-0.15, -0.1) is 0 Å². The minimum atomic E-state index is -4.32.